The first-order chi connectivity index (χ1) is 16.0. The van der Waals surface area contributed by atoms with Gasteiger partial charge in [0.15, 0.2) is 11.4 Å². The van der Waals surface area contributed by atoms with Crippen LogP contribution in [-0.2, 0) is 0 Å². The number of alkyl halides is 2. The Balaban J connectivity index is 1.46. The number of aromatic nitrogens is 4. The van der Waals surface area contributed by atoms with Gasteiger partial charge in [-0.2, -0.15) is 5.10 Å². The Morgan fingerprint density at radius 1 is 1.21 bits per heavy atom. The second kappa shape index (κ2) is 9.03. The van der Waals surface area contributed by atoms with E-state index < -0.39 is 0 Å². The summed E-state index contributed by atoms with van der Waals surface area (Å²) in [6.07, 6.45) is 8.64. The zero-order chi connectivity index (χ0) is 22.9. The molecule has 2 N–H and O–H groups in total. The number of fused-ring (bicyclic) bond motifs is 2. The van der Waals surface area contributed by atoms with Crippen molar-refractivity contribution >= 4 is 57.0 Å². The van der Waals surface area contributed by atoms with E-state index in [2.05, 4.69) is 25.3 Å². The lowest BCUT2D eigenvalue weighted by atomic mass is 9.93. The number of benzene rings is 1. The van der Waals surface area contributed by atoms with Gasteiger partial charge in [0.25, 0.3) is 5.91 Å². The van der Waals surface area contributed by atoms with Gasteiger partial charge in [0.05, 0.1) is 35.5 Å². The number of rotatable bonds is 5. The van der Waals surface area contributed by atoms with Crippen molar-refractivity contribution in [3.05, 3.63) is 54.6 Å². The van der Waals surface area contributed by atoms with E-state index in [9.17, 15) is 9.90 Å². The number of anilines is 2. The predicted octanol–water partition coefficient (Wildman–Crippen LogP) is 4.65. The first kappa shape index (κ1) is 21.7. The van der Waals surface area contributed by atoms with Gasteiger partial charge >= 0.3 is 0 Å². The van der Waals surface area contributed by atoms with Crippen LogP contribution in [-0.4, -0.2) is 48.5 Å². The summed E-state index contributed by atoms with van der Waals surface area (Å²) >= 11 is 12.0. The Kier molecular flexibility index (Phi) is 5.95. The quantitative estimate of drug-likeness (QED) is 0.400. The Morgan fingerprint density at radius 3 is 2.82 bits per heavy atom. The second-order valence-electron chi connectivity index (χ2n) is 8.22. The molecule has 8 nitrogen and oxygen atoms in total. The fourth-order valence-corrected chi connectivity index (χ4v) is 4.85. The number of nitrogens with one attached hydrogen (secondary N) is 1. The van der Waals surface area contributed by atoms with Gasteiger partial charge in [0, 0.05) is 24.7 Å². The number of hydrogen-bond donors (Lipinski definition) is 2. The zero-order valence-corrected chi connectivity index (χ0v) is 19.2. The predicted molar refractivity (Wildman–Crippen MR) is 129 cm³/mol. The summed E-state index contributed by atoms with van der Waals surface area (Å²) in [5, 5.41) is 17.7. The lowest BCUT2D eigenvalue weighted by molar-refractivity contribution is 0.102. The Bertz CT molecular complexity index is 1320. The number of nitrogens with zero attached hydrogens (tertiary/aromatic N) is 5. The highest BCUT2D eigenvalue weighted by Gasteiger charge is 2.24. The molecule has 1 fully saturated rings. The minimum atomic E-state index is -0.345. The normalized spacial score (nSPS) is 14.9. The molecule has 5 rings (SSSR count). The number of carbonyl (C=O) groups excluding carboxylic acids is 1. The number of amides is 1. The van der Waals surface area contributed by atoms with E-state index in [0.29, 0.717) is 22.8 Å². The van der Waals surface area contributed by atoms with Crippen molar-refractivity contribution in [2.45, 2.75) is 24.1 Å². The lowest BCUT2D eigenvalue weighted by Crippen LogP contribution is -2.34. The maximum atomic E-state index is 13.2. The molecule has 0 bridgehead atoms. The van der Waals surface area contributed by atoms with Crippen LogP contribution in [0.4, 0.5) is 11.4 Å². The monoisotopic (exact) mass is 484 g/mol. The summed E-state index contributed by atoms with van der Waals surface area (Å²) in [4.78, 5) is 23.7. The van der Waals surface area contributed by atoms with E-state index in [1.54, 1.807) is 6.20 Å². The minimum Gasteiger partial charge on any atom is -0.505 e. The summed E-state index contributed by atoms with van der Waals surface area (Å²) in [7, 11) is 0. The molecule has 1 saturated heterocycles. The van der Waals surface area contributed by atoms with Gasteiger partial charge in [-0.15, -0.1) is 23.2 Å². The van der Waals surface area contributed by atoms with Gasteiger partial charge < -0.3 is 15.3 Å². The second-order valence-corrected chi connectivity index (χ2v) is 9.49. The fraction of sp³-hybridized carbons (Fsp3) is 0.304. The van der Waals surface area contributed by atoms with Gasteiger partial charge in [0.2, 0.25) is 0 Å². The number of pyridine rings is 1. The van der Waals surface area contributed by atoms with Crippen molar-refractivity contribution in [2.75, 3.05) is 23.3 Å². The highest BCUT2D eigenvalue weighted by atomic mass is 35.5. The van der Waals surface area contributed by atoms with E-state index >= 15 is 0 Å². The van der Waals surface area contributed by atoms with Gasteiger partial charge in [-0.3, -0.25) is 9.78 Å². The summed E-state index contributed by atoms with van der Waals surface area (Å²) in [5.41, 5.74) is 3.17. The Morgan fingerprint density at radius 2 is 2.03 bits per heavy atom. The molecule has 33 heavy (non-hydrogen) atoms. The first-order valence-electron chi connectivity index (χ1n) is 10.7. The molecule has 3 aromatic heterocycles. The average Bonchev–Trinajstić information content (AvgIpc) is 3.22. The molecule has 1 aliphatic heterocycles. The topological polar surface area (TPSA) is 95.7 Å². The molecule has 1 amide bonds. The number of hydrogen-bond acceptors (Lipinski definition) is 6. The standard InChI is InChI=1S/C23H22Cl2N6O2/c24-21(25)8-14-3-6-30(7-4-14)20-10-18-15(2-1-5-26-18)9-19(20)29-23(33)17-12-28-31-13-16(32)11-27-22(17)31/h1-2,5,9-14,21,32H,3-4,6-8H2,(H,29,33). The van der Waals surface area contributed by atoms with Crippen LogP contribution in [0, 0.1) is 5.92 Å². The molecule has 0 aliphatic carbocycles. The van der Waals surface area contributed by atoms with Crippen LogP contribution in [0.25, 0.3) is 16.6 Å². The highest BCUT2D eigenvalue weighted by Crippen LogP contribution is 2.35. The van der Waals surface area contributed by atoms with Crippen molar-refractivity contribution in [1.82, 2.24) is 19.6 Å². The summed E-state index contributed by atoms with van der Waals surface area (Å²) in [6, 6.07) is 7.80. The molecule has 4 aromatic rings. The summed E-state index contributed by atoms with van der Waals surface area (Å²) in [6.45, 7) is 1.67. The van der Waals surface area contributed by atoms with Crippen LogP contribution in [0.1, 0.15) is 29.6 Å². The van der Waals surface area contributed by atoms with Crippen molar-refractivity contribution in [2.24, 2.45) is 5.92 Å². The van der Waals surface area contributed by atoms with Crippen molar-refractivity contribution < 1.29 is 9.90 Å². The molecule has 4 heterocycles. The van der Waals surface area contributed by atoms with Crippen molar-refractivity contribution in [3.63, 3.8) is 0 Å². The van der Waals surface area contributed by atoms with Crippen LogP contribution < -0.4 is 10.2 Å². The van der Waals surface area contributed by atoms with E-state index in [4.69, 9.17) is 23.2 Å². The van der Waals surface area contributed by atoms with Gasteiger partial charge in [-0.25, -0.2) is 9.50 Å². The number of piperidine rings is 1. The fourth-order valence-electron chi connectivity index (χ4n) is 4.35. The molecule has 170 valence electrons. The third-order valence-corrected chi connectivity index (χ3v) is 6.38. The SMILES string of the molecule is O=C(Nc1cc2cccnc2cc1N1CCC(CC(Cl)Cl)CC1)c1cnn2cc(O)cnc12. The molecule has 0 atom stereocenters. The lowest BCUT2D eigenvalue weighted by Gasteiger charge is -2.35. The summed E-state index contributed by atoms with van der Waals surface area (Å²) < 4.78 is 1.38. The number of aromatic hydroxyl groups is 1. The van der Waals surface area contributed by atoms with Crippen LogP contribution in [0.15, 0.2) is 49.1 Å². The van der Waals surface area contributed by atoms with Crippen molar-refractivity contribution in [3.8, 4) is 5.75 Å². The highest BCUT2D eigenvalue weighted by molar-refractivity contribution is 6.44. The third-order valence-electron chi connectivity index (χ3n) is 6.02. The molecular formula is C23H22Cl2N6O2. The maximum absolute atomic E-state index is 13.2. The average molecular weight is 485 g/mol. The maximum Gasteiger partial charge on any atom is 0.261 e. The smallest absolute Gasteiger partial charge is 0.261 e. The van der Waals surface area contributed by atoms with Crippen LogP contribution >= 0.6 is 23.2 Å². The minimum absolute atomic E-state index is 0.0278. The van der Waals surface area contributed by atoms with E-state index in [1.807, 2.05) is 24.3 Å². The molecule has 0 radical (unpaired) electrons. The van der Waals surface area contributed by atoms with Crippen LogP contribution in [0.5, 0.6) is 5.75 Å². The first-order valence-corrected chi connectivity index (χ1v) is 11.6. The van der Waals surface area contributed by atoms with Crippen molar-refractivity contribution in [1.29, 1.82) is 0 Å². The molecule has 1 aliphatic rings. The number of halogens is 2. The molecule has 0 unspecified atom stereocenters. The van der Waals surface area contributed by atoms with E-state index in [-0.39, 0.29) is 16.5 Å². The van der Waals surface area contributed by atoms with Crippen LogP contribution in [0.3, 0.4) is 0 Å². The van der Waals surface area contributed by atoms with Crippen LogP contribution in [0.2, 0.25) is 0 Å². The van der Waals surface area contributed by atoms with Gasteiger partial charge in [-0.05, 0) is 43.4 Å². The zero-order valence-electron chi connectivity index (χ0n) is 17.7. The molecule has 10 heteroatoms. The largest absolute Gasteiger partial charge is 0.505 e. The van der Waals surface area contributed by atoms with E-state index in [0.717, 1.165) is 48.9 Å². The van der Waals surface area contributed by atoms with E-state index in [1.165, 1.54) is 23.1 Å². The third kappa shape index (κ3) is 4.54. The molecule has 0 saturated carbocycles. The summed E-state index contributed by atoms with van der Waals surface area (Å²) in [5.74, 6) is 0.133. The molecule has 1 aromatic carbocycles. The van der Waals surface area contributed by atoms with Gasteiger partial charge in [-0.1, -0.05) is 6.07 Å². The molecular weight excluding hydrogens is 463 g/mol. The Hall–Kier alpha value is -3.10. The number of carbonyl (C=O) groups is 1. The molecule has 0 spiro atoms. The Labute approximate surface area is 200 Å². The van der Waals surface area contributed by atoms with Gasteiger partial charge in [0.1, 0.15) is 10.4 Å².